The molecule has 2 fully saturated rings. The summed E-state index contributed by atoms with van der Waals surface area (Å²) in [7, 11) is 1.95. The van der Waals surface area contributed by atoms with Crippen molar-refractivity contribution < 1.29 is 19.7 Å². The van der Waals surface area contributed by atoms with Gasteiger partial charge in [0.15, 0.2) is 17.7 Å². The lowest BCUT2D eigenvalue weighted by atomic mass is 9.85. The van der Waals surface area contributed by atoms with Crippen LogP contribution in [0.15, 0.2) is 36.9 Å². The maximum absolute atomic E-state index is 12.5. The van der Waals surface area contributed by atoms with E-state index in [-0.39, 0.29) is 29.3 Å². The predicted octanol–water partition coefficient (Wildman–Crippen LogP) is 1.61. The van der Waals surface area contributed by atoms with Crippen LogP contribution in [0.3, 0.4) is 0 Å². The highest BCUT2D eigenvalue weighted by Gasteiger charge is 2.46. The first-order valence-corrected chi connectivity index (χ1v) is 12.8. The SMILES string of the molecule is CN(CC1O[C@@H](n2cnc3c(N)ncnc32)[C@H](O)[C@@H]1O)C1CC(NC(=O)Nc2ccc(C(C)(C)C)cc2)C1. The number of carbonyl (C=O) groups is 1. The van der Waals surface area contributed by atoms with Crippen molar-refractivity contribution in [1.29, 1.82) is 0 Å². The van der Waals surface area contributed by atoms with Crippen molar-refractivity contribution in [1.82, 2.24) is 29.7 Å². The quantitative estimate of drug-likeness (QED) is 0.322. The van der Waals surface area contributed by atoms with Gasteiger partial charge < -0.3 is 36.2 Å². The summed E-state index contributed by atoms with van der Waals surface area (Å²) in [6, 6.07) is 7.96. The second-order valence-corrected chi connectivity index (χ2v) is 11.3. The number of amides is 2. The van der Waals surface area contributed by atoms with Crippen LogP contribution in [0.4, 0.5) is 16.3 Å². The third-order valence-electron chi connectivity index (χ3n) is 7.55. The van der Waals surface area contributed by atoms with Crippen molar-refractivity contribution >= 4 is 28.7 Å². The van der Waals surface area contributed by atoms with Gasteiger partial charge in [0, 0.05) is 24.3 Å². The summed E-state index contributed by atoms with van der Waals surface area (Å²) in [5.74, 6) is 0.235. The zero-order valence-corrected chi connectivity index (χ0v) is 22.1. The number of anilines is 2. The van der Waals surface area contributed by atoms with Crippen LogP contribution in [-0.4, -0.2) is 84.7 Å². The van der Waals surface area contributed by atoms with Crippen LogP contribution in [-0.2, 0) is 10.2 Å². The first-order valence-electron chi connectivity index (χ1n) is 12.8. The van der Waals surface area contributed by atoms with Gasteiger partial charge in [-0.1, -0.05) is 32.9 Å². The van der Waals surface area contributed by atoms with Crippen molar-refractivity contribution in [2.24, 2.45) is 0 Å². The molecule has 5 rings (SSSR count). The van der Waals surface area contributed by atoms with Gasteiger partial charge in [0.2, 0.25) is 0 Å². The molecule has 3 aromatic rings. The minimum Gasteiger partial charge on any atom is -0.387 e. The molecule has 4 atom stereocenters. The van der Waals surface area contributed by atoms with E-state index in [1.54, 1.807) is 4.57 Å². The van der Waals surface area contributed by atoms with Gasteiger partial charge in [0.25, 0.3) is 0 Å². The Hall–Kier alpha value is -3.32. The number of nitrogens with zero attached hydrogens (tertiary/aromatic N) is 5. The molecule has 1 unspecified atom stereocenters. The number of aromatic nitrogens is 4. The van der Waals surface area contributed by atoms with Crippen molar-refractivity contribution in [3.63, 3.8) is 0 Å². The van der Waals surface area contributed by atoms with Gasteiger partial charge in [0.05, 0.1) is 6.33 Å². The van der Waals surface area contributed by atoms with Gasteiger partial charge in [-0.3, -0.25) is 4.57 Å². The number of nitrogens with one attached hydrogen (secondary N) is 2. The normalized spacial score (nSPS) is 27.4. The molecule has 0 bridgehead atoms. The first-order chi connectivity index (χ1) is 18.0. The van der Waals surface area contributed by atoms with E-state index in [0.717, 1.165) is 18.5 Å². The Morgan fingerprint density at radius 2 is 1.87 bits per heavy atom. The van der Waals surface area contributed by atoms with Crippen LogP contribution >= 0.6 is 0 Å². The Balaban J connectivity index is 1.10. The number of aliphatic hydroxyl groups is 2. The van der Waals surface area contributed by atoms with Crippen molar-refractivity contribution in [2.75, 3.05) is 24.6 Å². The molecule has 2 aromatic heterocycles. The number of urea groups is 1. The van der Waals surface area contributed by atoms with E-state index < -0.39 is 24.5 Å². The average molecular weight is 525 g/mol. The smallest absolute Gasteiger partial charge is 0.319 e. The molecule has 1 aliphatic carbocycles. The zero-order valence-electron chi connectivity index (χ0n) is 22.1. The van der Waals surface area contributed by atoms with Gasteiger partial charge in [-0.05, 0) is 43.0 Å². The minimum atomic E-state index is -1.15. The fourth-order valence-electron chi connectivity index (χ4n) is 5.07. The van der Waals surface area contributed by atoms with Gasteiger partial charge in [-0.15, -0.1) is 0 Å². The highest BCUT2D eigenvalue weighted by atomic mass is 16.6. The van der Waals surface area contributed by atoms with E-state index in [1.165, 1.54) is 18.2 Å². The van der Waals surface area contributed by atoms with Crippen LogP contribution < -0.4 is 16.4 Å². The lowest BCUT2D eigenvalue weighted by molar-refractivity contribution is -0.0494. The fourth-order valence-corrected chi connectivity index (χ4v) is 5.07. The summed E-state index contributed by atoms with van der Waals surface area (Å²) in [4.78, 5) is 26.9. The maximum atomic E-state index is 12.5. The number of fused-ring (bicyclic) bond motifs is 1. The number of hydrogen-bond donors (Lipinski definition) is 5. The molecule has 38 heavy (non-hydrogen) atoms. The summed E-state index contributed by atoms with van der Waals surface area (Å²) in [5.41, 5.74) is 8.73. The number of likely N-dealkylation sites (N-methyl/N-ethyl adjacent to an activating group) is 1. The number of carbonyl (C=O) groups excluding carboxylic acids is 1. The van der Waals surface area contributed by atoms with Crippen molar-refractivity contribution in [3.05, 3.63) is 42.5 Å². The molecule has 6 N–H and O–H groups in total. The molecule has 0 radical (unpaired) electrons. The van der Waals surface area contributed by atoms with Crippen LogP contribution in [0.25, 0.3) is 11.2 Å². The van der Waals surface area contributed by atoms with Gasteiger partial charge in [-0.25, -0.2) is 19.7 Å². The van der Waals surface area contributed by atoms with Crippen LogP contribution in [0, 0.1) is 0 Å². The highest BCUT2D eigenvalue weighted by molar-refractivity contribution is 5.89. The molecule has 3 heterocycles. The van der Waals surface area contributed by atoms with E-state index >= 15 is 0 Å². The van der Waals surface area contributed by atoms with Gasteiger partial charge in [0.1, 0.15) is 30.2 Å². The van der Waals surface area contributed by atoms with E-state index in [1.807, 2.05) is 31.3 Å². The van der Waals surface area contributed by atoms with Crippen molar-refractivity contribution in [3.8, 4) is 0 Å². The van der Waals surface area contributed by atoms with E-state index in [0.29, 0.717) is 17.7 Å². The van der Waals surface area contributed by atoms with Gasteiger partial charge >= 0.3 is 6.03 Å². The standard InChI is InChI=1S/C26H36N8O4/c1-26(2,3)14-5-7-15(8-6-14)31-25(37)32-16-9-17(10-16)33(4)11-18-20(35)21(36)24(38-18)34-13-30-19-22(27)28-12-29-23(19)34/h5-8,12-13,16-18,20-21,24,35-36H,9-11H2,1-4H3,(H2,27,28,29)(H2,31,32,37)/t16?,17?,18?,20-,21-,24-/m1/s1. The molecular formula is C26H36N8O4. The van der Waals surface area contributed by atoms with E-state index in [4.69, 9.17) is 10.5 Å². The molecule has 204 valence electrons. The summed E-state index contributed by atoms with van der Waals surface area (Å²) in [6.07, 6.45) is 0.677. The fraction of sp³-hybridized carbons (Fsp3) is 0.538. The molecule has 0 spiro atoms. The topological polar surface area (TPSA) is 164 Å². The van der Waals surface area contributed by atoms with Gasteiger partial charge in [-0.2, -0.15) is 0 Å². The summed E-state index contributed by atoms with van der Waals surface area (Å²) in [6.45, 7) is 6.88. The number of ether oxygens (including phenoxy) is 1. The number of imidazole rings is 1. The molecule has 12 heteroatoms. The van der Waals surface area contributed by atoms with Crippen LogP contribution in [0.2, 0.25) is 0 Å². The number of aliphatic hydroxyl groups excluding tert-OH is 2. The van der Waals surface area contributed by atoms with Crippen LogP contribution in [0.1, 0.15) is 45.4 Å². The molecule has 2 aliphatic rings. The Morgan fingerprint density at radius 1 is 1.16 bits per heavy atom. The Labute approximate surface area is 221 Å². The Bertz CT molecular complexity index is 1280. The number of nitrogen functional groups attached to an aromatic ring is 1. The molecule has 12 nitrogen and oxygen atoms in total. The molecular weight excluding hydrogens is 488 g/mol. The molecule has 2 amide bonds. The predicted molar refractivity (Wildman–Crippen MR) is 142 cm³/mol. The Morgan fingerprint density at radius 3 is 2.55 bits per heavy atom. The highest BCUT2D eigenvalue weighted by Crippen LogP contribution is 2.34. The molecule has 1 aliphatic heterocycles. The van der Waals surface area contributed by atoms with E-state index in [2.05, 4.69) is 51.3 Å². The average Bonchev–Trinajstić information content (AvgIpc) is 3.38. The largest absolute Gasteiger partial charge is 0.387 e. The van der Waals surface area contributed by atoms with Crippen molar-refractivity contribution in [2.45, 2.75) is 75.7 Å². The molecule has 1 saturated carbocycles. The zero-order chi connectivity index (χ0) is 27.2. The van der Waals surface area contributed by atoms with Crippen LogP contribution in [0.5, 0.6) is 0 Å². The second-order valence-electron chi connectivity index (χ2n) is 11.3. The third kappa shape index (κ3) is 5.17. The minimum absolute atomic E-state index is 0.0592. The first kappa shape index (κ1) is 26.3. The molecule has 1 saturated heterocycles. The number of benzene rings is 1. The summed E-state index contributed by atoms with van der Waals surface area (Å²) in [5, 5.41) is 27.3. The maximum Gasteiger partial charge on any atom is 0.319 e. The Kier molecular flexibility index (Phi) is 6.99. The molecule has 1 aromatic carbocycles. The number of nitrogens with two attached hydrogens (primary N) is 1. The monoisotopic (exact) mass is 524 g/mol. The lowest BCUT2D eigenvalue weighted by Crippen LogP contribution is -2.55. The number of hydrogen-bond acceptors (Lipinski definition) is 9. The van der Waals surface area contributed by atoms with E-state index in [9.17, 15) is 15.0 Å². The third-order valence-corrected chi connectivity index (χ3v) is 7.55. The second kappa shape index (κ2) is 10.1. The number of rotatable bonds is 6. The summed E-state index contributed by atoms with van der Waals surface area (Å²) >= 11 is 0. The summed E-state index contributed by atoms with van der Waals surface area (Å²) < 4.78 is 7.62. The lowest BCUT2D eigenvalue weighted by Gasteiger charge is -2.42.